The molecule has 1 heterocycles. The van der Waals surface area contributed by atoms with Crippen molar-refractivity contribution >= 4 is 11.9 Å². The van der Waals surface area contributed by atoms with E-state index in [-0.39, 0.29) is 5.56 Å². The van der Waals surface area contributed by atoms with Crippen LogP contribution in [0.5, 0.6) is 0 Å². The molecule has 7 nitrogen and oxygen atoms in total. The summed E-state index contributed by atoms with van der Waals surface area (Å²) in [4.78, 5) is 21.5. The molecule has 0 bridgehead atoms. The number of rotatable bonds is 6. The lowest BCUT2D eigenvalue weighted by Gasteiger charge is -2.32. The van der Waals surface area contributed by atoms with Gasteiger partial charge < -0.3 is 15.5 Å². The number of halogens is 1. The zero-order chi connectivity index (χ0) is 20.4. The summed E-state index contributed by atoms with van der Waals surface area (Å²) in [5, 5.41) is 27.9. The highest BCUT2D eigenvalue weighted by atomic mass is 19.1. The number of benzene rings is 1. The molecule has 0 spiro atoms. The molecular weight excluding hydrogens is 353 g/mol. The molecule has 0 amide bonds. The number of aliphatic carboxylic acids is 2. The number of hydrogen-bond donors (Lipinski definition) is 3. The third-order valence-corrected chi connectivity index (χ3v) is 4.05. The third kappa shape index (κ3) is 7.98. The lowest BCUT2D eigenvalue weighted by molar-refractivity contribution is -0.134. The first kappa shape index (κ1) is 22.3. The maximum absolute atomic E-state index is 13.3. The molecule has 3 N–H and O–H groups in total. The van der Waals surface area contributed by atoms with Crippen LogP contribution >= 0.6 is 0 Å². The minimum atomic E-state index is -1.26. The van der Waals surface area contributed by atoms with Gasteiger partial charge in [-0.15, -0.1) is 0 Å². The van der Waals surface area contributed by atoms with Gasteiger partial charge in [-0.25, -0.2) is 14.0 Å². The van der Waals surface area contributed by atoms with Gasteiger partial charge in [-0.05, 0) is 44.5 Å². The molecule has 1 aromatic rings. The standard InChI is InChI=1S/C15H20FN3.C4H4O4/c1-11(2)19(14-5-6-18-9-14)10-12-3-4-15(16)13(7-12)8-17;5-3(6)1-2-4(7)8/h3-4,7,11,14,18H,5-6,9-10H2,1-2H3;1-2H,(H,5,6)(H,7,8)/t14-;/m0./s1. The summed E-state index contributed by atoms with van der Waals surface area (Å²) in [6.45, 7) is 7.17. The minimum absolute atomic E-state index is 0.130. The second-order valence-corrected chi connectivity index (χ2v) is 6.35. The van der Waals surface area contributed by atoms with E-state index in [4.69, 9.17) is 15.5 Å². The first-order chi connectivity index (χ1) is 12.7. The largest absolute Gasteiger partial charge is 0.478 e. The van der Waals surface area contributed by atoms with E-state index in [0.717, 1.165) is 31.6 Å². The predicted octanol–water partition coefficient (Wildman–Crippen LogP) is 1.98. The van der Waals surface area contributed by atoms with Gasteiger partial charge in [0.2, 0.25) is 0 Å². The smallest absolute Gasteiger partial charge is 0.328 e. The first-order valence-corrected chi connectivity index (χ1v) is 8.53. The maximum atomic E-state index is 13.3. The molecule has 0 aromatic heterocycles. The highest BCUT2D eigenvalue weighted by molar-refractivity contribution is 5.89. The lowest BCUT2D eigenvalue weighted by atomic mass is 10.1. The molecule has 8 heteroatoms. The molecule has 1 aromatic carbocycles. The van der Waals surface area contributed by atoms with Crippen molar-refractivity contribution in [1.29, 1.82) is 5.26 Å². The van der Waals surface area contributed by atoms with Crippen LogP contribution < -0.4 is 5.32 Å². The maximum Gasteiger partial charge on any atom is 0.328 e. The Morgan fingerprint density at radius 3 is 2.44 bits per heavy atom. The Labute approximate surface area is 157 Å². The van der Waals surface area contributed by atoms with E-state index < -0.39 is 17.8 Å². The summed E-state index contributed by atoms with van der Waals surface area (Å²) in [6.07, 6.45) is 2.26. The van der Waals surface area contributed by atoms with Crippen molar-refractivity contribution in [1.82, 2.24) is 10.2 Å². The summed E-state index contributed by atoms with van der Waals surface area (Å²) in [6, 6.07) is 7.68. The van der Waals surface area contributed by atoms with Crippen molar-refractivity contribution in [2.45, 2.75) is 38.9 Å². The summed E-state index contributed by atoms with van der Waals surface area (Å²) in [5.41, 5.74) is 1.13. The van der Waals surface area contributed by atoms with Crippen LogP contribution in [0.15, 0.2) is 30.4 Å². The van der Waals surface area contributed by atoms with E-state index in [2.05, 4.69) is 24.1 Å². The zero-order valence-corrected chi connectivity index (χ0v) is 15.4. The fourth-order valence-electron chi connectivity index (χ4n) is 2.77. The third-order valence-electron chi connectivity index (χ3n) is 4.05. The molecule has 0 aliphatic carbocycles. The molecule has 1 saturated heterocycles. The Balaban J connectivity index is 0.000000387. The monoisotopic (exact) mass is 377 g/mol. The topological polar surface area (TPSA) is 114 Å². The van der Waals surface area contributed by atoms with Gasteiger partial charge in [-0.3, -0.25) is 4.90 Å². The van der Waals surface area contributed by atoms with Crippen LogP contribution in [0.4, 0.5) is 4.39 Å². The fraction of sp³-hybridized carbons (Fsp3) is 0.421. The molecule has 2 rings (SSSR count). The van der Waals surface area contributed by atoms with E-state index in [1.807, 2.05) is 6.07 Å². The highest BCUT2D eigenvalue weighted by Crippen LogP contribution is 2.18. The number of hydrogen-bond acceptors (Lipinski definition) is 5. The van der Waals surface area contributed by atoms with Gasteiger partial charge >= 0.3 is 11.9 Å². The summed E-state index contributed by atoms with van der Waals surface area (Å²) >= 11 is 0. The van der Waals surface area contributed by atoms with Crippen molar-refractivity contribution in [3.8, 4) is 6.07 Å². The van der Waals surface area contributed by atoms with E-state index >= 15 is 0 Å². The molecular formula is C19H24FN3O4. The molecule has 1 atom stereocenters. The van der Waals surface area contributed by atoms with E-state index in [1.165, 1.54) is 6.07 Å². The Morgan fingerprint density at radius 1 is 1.37 bits per heavy atom. The van der Waals surface area contributed by atoms with Crippen LogP contribution in [0, 0.1) is 17.1 Å². The van der Waals surface area contributed by atoms with Gasteiger partial charge in [0.15, 0.2) is 0 Å². The predicted molar refractivity (Wildman–Crippen MR) is 97.5 cm³/mol. The van der Waals surface area contributed by atoms with Crippen molar-refractivity contribution in [3.05, 3.63) is 47.3 Å². The highest BCUT2D eigenvalue weighted by Gasteiger charge is 2.24. The van der Waals surface area contributed by atoms with Crippen LogP contribution in [-0.4, -0.2) is 52.2 Å². The molecule has 0 unspecified atom stereocenters. The molecule has 1 fully saturated rings. The molecule has 27 heavy (non-hydrogen) atoms. The average Bonchev–Trinajstić information content (AvgIpc) is 3.13. The first-order valence-electron chi connectivity index (χ1n) is 8.53. The number of carboxylic acids is 2. The van der Waals surface area contributed by atoms with Gasteiger partial charge in [0.25, 0.3) is 0 Å². The Hall–Kier alpha value is -2.76. The van der Waals surface area contributed by atoms with Crippen LogP contribution in [0.1, 0.15) is 31.4 Å². The van der Waals surface area contributed by atoms with Crippen LogP contribution in [0.25, 0.3) is 0 Å². The summed E-state index contributed by atoms with van der Waals surface area (Å²) < 4.78 is 13.3. The minimum Gasteiger partial charge on any atom is -0.478 e. The second kappa shape index (κ2) is 11.1. The average molecular weight is 377 g/mol. The molecule has 1 aliphatic heterocycles. The number of nitriles is 1. The fourth-order valence-corrected chi connectivity index (χ4v) is 2.77. The normalized spacial score (nSPS) is 16.2. The molecule has 0 saturated carbocycles. The Bertz CT molecular complexity index is 706. The van der Waals surface area contributed by atoms with Crippen LogP contribution in [0.2, 0.25) is 0 Å². The van der Waals surface area contributed by atoms with E-state index in [0.29, 0.717) is 24.2 Å². The molecule has 0 radical (unpaired) electrons. The summed E-state index contributed by atoms with van der Waals surface area (Å²) in [7, 11) is 0. The number of nitrogens with one attached hydrogen (secondary N) is 1. The van der Waals surface area contributed by atoms with Crippen molar-refractivity contribution in [3.63, 3.8) is 0 Å². The van der Waals surface area contributed by atoms with Crippen molar-refractivity contribution in [2.24, 2.45) is 0 Å². The van der Waals surface area contributed by atoms with Crippen molar-refractivity contribution < 1.29 is 24.2 Å². The zero-order valence-electron chi connectivity index (χ0n) is 15.4. The van der Waals surface area contributed by atoms with Crippen molar-refractivity contribution in [2.75, 3.05) is 13.1 Å². The Morgan fingerprint density at radius 2 is 2.00 bits per heavy atom. The number of carboxylic acid groups (broad SMARTS) is 2. The van der Waals surface area contributed by atoms with Gasteiger partial charge in [-0.1, -0.05) is 6.07 Å². The van der Waals surface area contributed by atoms with Gasteiger partial charge in [0.1, 0.15) is 11.9 Å². The molecule has 1 aliphatic rings. The number of nitrogens with zero attached hydrogens (tertiary/aromatic N) is 2. The quantitative estimate of drug-likeness (QED) is 0.650. The lowest BCUT2D eigenvalue weighted by Crippen LogP contribution is -2.41. The second-order valence-electron chi connectivity index (χ2n) is 6.35. The van der Waals surface area contributed by atoms with Gasteiger partial charge in [0.05, 0.1) is 5.56 Å². The van der Waals surface area contributed by atoms with Crippen LogP contribution in [-0.2, 0) is 16.1 Å². The van der Waals surface area contributed by atoms with Gasteiger partial charge in [-0.2, -0.15) is 5.26 Å². The molecule has 146 valence electrons. The van der Waals surface area contributed by atoms with E-state index in [1.54, 1.807) is 12.1 Å². The summed E-state index contributed by atoms with van der Waals surface area (Å²) in [5.74, 6) is -2.95. The Kier molecular flexibility index (Phi) is 9.13. The SMILES string of the molecule is CC(C)N(Cc1ccc(F)c(C#N)c1)[C@H]1CCNC1.O=C(O)C=CC(=O)O. The van der Waals surface area contributed by atoms with E-state index in [9.17, 15) is 14.0 Å². The van der Waals surface area contributed by atoms with Gasteiger partial charge in [0, 0.05) is 37.3 Å². The van der Waals surface area contributed by atoms with Crippen LogP contribution in [0.3, 0.4) is 0 Å². The number of carbonyl (C=O) groups is 2.